The molecule has 0 amide bonds. The van der Waals surface area contributed by atoms with Crippen LogP contribution < -0.4 is 10.6 Å². The zero-order valence-electron chi connectivity index (χ0n) is 19.4. The summed E-state index contributed by atoms with van der Waals surface area (Å²) in [6.45, 7) is 6.67. The molecule has 1 aromatic rings. The molecule has 0 radical (unpaired) electrons. The summed E-state index contributed by atoms with van der Waals surface area (Å²) in [7, 11) is 2.31. The summed E-state index contributed by atoms with van der Waals surface area (Å²) >= 11 is 0. The average Bonchev–Trinajstić information content (AvgIpc) is 2.75. The quantitative estimate of drug-likeness (QED) is 0.481. The molecule has 0 aliphatic carbocycles. The van der Waals surface area contributed by atoms with Crippen molar-refractivity contribution in [3.63, 3.8) is 0 Å². The molecule has 3 N–H and O–H groups in total. The molecule has 2 unspecified atom stereocenters. The van der Waals surface area contributed by atoms with Crippen molar-refractivity contribution < 1.29 is 5.11 Å². The molecule has 6 heteroatoms. The molecule has 0 spiro atoms. The van der Waals surface area contributed by atoms with Crippen LogP contribution in [0.25, 0.3) is 0 Å². The predicted molar refractivity (Wildman–Crippen MR) is 127 cm³/mol. The van der Waals surface area contributed by atoms with Crippen LogP contribution in [-0.4, -0.2) is 71.8 Å². The number of nitrogens with one attached hydrogen (secondary N) is 2. The number of piperidine rings is 3. The van der Waals surface area contributed by atoms with Crippen molar-refractivity contribution in [2.75, 3.05) is 26.7 Å². The van der Waals surface area contributed by atoms with Crippen LogP contribution in [-0.2, 0) is 13.1 Å². The molecule has 172 valence electrons. The number of rotatable bonds is 6. The van der Waals surface area contributed by atoms with Crippen LogP contribution in [0.15, 0.2) is 29.3 Å². The highest BCUT2D eigenvalue weighted by Crippen LogP contribution is 2.32. The van der Waals surface area contributed by atoms with Crippen molar-refractivity contribution in [2.24, 2.45) is 4.99 Å². The lowest BCUT2D eigenvalue weighted by Crippen LogP contribution is -2.56. The Bertz CT molecular complexity index is 699. The van der Waals surface area contributed by atoms with Crippen LogP contribution in [0.4, 0.5) is 0 Å². The highest BCUT2D eigenvalue weighted by molar-refractivity contribution is 5.80. The SMILES string of the molecule is CCNC(=NCc1ccc(CN2CCC(O)CC2)cc1)NC1CC2CCCC(C1)N2C. The van der Waals surface area contributed by atoms with Gasteiger partial charge < -0.3 is 20.6 Å². The first-order valence-corrected chi connectivity index (χ1v) is 12.4. The Morgan fingerprint density at radius 1 is 1.03 bits per heavy atom. The van der Waals surface area contributed by atoms with Gasteiger partial charge in [-0.25, -0.2) is 4.99 Å². The molecule has 2 bridgehead atoms. The third kappa shape index (κ3) is 6.21. The summed E-state index contributed by atoms with van der Waals surface area (Å²) in [5.41, 5.74) is 2.59. The summed E-state index contributed by atoms with van der Waals surface area (Å²) in [6.07, 6.45) is 8.18. The molecule has 3 saturated heterocycles. The second-order valence-corrected chi connectivity index (χ2v) is 9.74. The number of nitrogens with zero attached hydrogens (tertiary/aromatic N) is 3. The summed E-state index contributed by atoms with van der Waals surface area (Å²) in [5, 5.41) is 16.9. The van der Waals surface area contributed by atoms with Gasteiger partial charge in [0.1, 0.15) is 0 Å². The van der Waals surface area contributed by atoms with E-state index < -0.39 is 0 Å². The predicted octanol–water partition coefficient (Wildman–Crippen LogP) is 2.71. The van der Waals surface area contributed by atoms with E-state index >= 15 is 0 Å². The molecule has 3 heterocycles. The third-order valence-electron chi connectivity index (χ3n) is 7.43. The number of hydrogen-bond acceptors (Lipinski definition) is 4. The van der Waals surface area contributed by atoms with Crippen LogP contribution in [0, 0.1) is 0 Å². The molecule has 0 saturated carbocycles. The molecule has 31 heavy (non-hydrogen) atoms. The van der Waals surface area contributed by atoms with E-state index in [1.165, 1.54) is 43.2 Å². The van der Waals surface area contributed by atoms with Gasteiger partial charge >= 0.3 is 0 Å². The average molecular weight is 428 g/mol. The fourth-order valence-corrected chi connectivity index (χ4v) is 5.50. The largest absolute Gasteiger partial charge is 0.393 e. The molecule has 6 nitrogen and oxygen atoms in total. The smallest absolute Gasteiger partial charge is 0.191 e. The zero-order chi connectivity index (χ0) is 21.6. The minimum Gasteiger partial charge on any atom is -0.393 e. The molecule has 3 aliphatic rings. The van der Waals surface area contributed by atoms with E-state index in [0.717, 1.165) is 57.1 Å². The Kier molecular flexibility index (Phi) is 7.86. The number of aliphatic hydroxyl groups excluding tert-OH is 1. The first-order valence-electron chi connectivity index (χ1n) is 12.4. The summed E-state index contributed by atoms with van der Waals surface area (Å²) in [5.74, 6) is 0.950. The first-order chi connectivity index (χ1) is 15.1. The van der Waals surface area contributed by atoms with Gasteiger partial charge in [-0.3, -0.25) is 4.90 Å². The van der Waals surface area contributed by atoms with E-state index in [1.807, 2.05) is 0 Å². The van der Waals surface area contributed by atoms with Gasteiger partial charge in [-0.15, -0.1) is 0 Å². The van der Waals surface area contributed by atoms with E-state index in [9.17, 15) is 5.11 Å². The normalized spacial score (nSPS) is 28.5. The minimum absolute atomic E-state index is 0.106. The van der Waals surface area contributed by atoms with Gasteiger partial charge in [0.05, 0.1) is 12.6 Å². The standard InChI is InChI=1S/C25H41N5O/c1-3-26-25(28-21-15-22-5-4-6-23(16-21)29(22)2)27-17-19-7-9-20(10-8-19)18-30-13-11-24(31)12-14-30/h7-10,21-24,31H,3-6,11-18H2,1-2H3,(H2,26,27,28). The topological polar surface area (TPSA) is 63.1 Å². The molecular weight excluding hydrogens is 386 g/mol. The number of fused-ring (bicyclic) bond motifs is 2. The lowest BCUT2D eigenvalue weighted by molar-refractivity contribution is 0.0526. The van der Waals surface area contributed by atoms with Crippen molar-refractivity contribution in [3.8, 4) is 0 Å². The van der Waals surface area contributed by atoms with Gasteiger partial charge in [-0.1, -0.05) is 30.7 Å². The Morgan fingerprint density at radius 2 is 1.68 bits per heavy atom. The Balaban J connectivity index is 1.30. The highest BCUT2D eigenvalue weighted by atomic mass is 16.3. The number of likely N-dealkylation sites (tertiary alicyclic amines) is 1. The van der Waals surface area contributed by atoms with Gasteiger partial charge in [-0.05, 0) is 63.6 Å². The third-order valence-corrected chi connectivity index (χ3v) is 7.43. The highest BCUT2D eigenvalue weighted by Gasteiger charge is 2.36. The van der Waals surface area contributed by atoms with E-state index in [1.54, 1.807) is 0 Å². The van der Waals surface area contributed by atoms with Crippen LogP contribution in [0.2, 0.25) is 0 Å². The lowest BCUT2D eigenvalue weighted by Gasteiger charge is -2.47. The fourth-order valence-electron chi connectivity index (χ4n) is 5.50. The number of hydrogen-bond donors (Lipinski definition) is 3. The van der Waals surface area contributed by atoms with E-state index in [-0.39, 0.29) is 6.10 Å². The van der Waals surface area contributed by atoms with E-state index in [0.29, 0.717) is 12.6 Å². The fraction of sp³-hybridized carbons (Fsp3) is 0.720. The molecule has 4 rings (SSSR count). The Labute approximate surface area is 188 Å². The van der Waals surface area contributed by atoms with Crippen LogP contribution in [0.5, 0.6) is 0 Å². The maximum Gasteiger partial charge on any atom is 0.191 e. The number of guanidine groups is 1. The van der Waals surface area contributed by atoms with Crippen molar-refractivity contribution in [1.82, 2.24) is 20.4 Å². The van der Waals surface area contributed by atoms with Crippen molar-refractivity contribution in [1.29, 1.82) is 0 Å². The van der Waals surface area contributed by atoms with Crippen LogP contribution >= 0.6 is 0 Å². The van der Waals surface area contributed by atoms with Crippen molar-refractivity contribution in [3.05, 3.63) is 35.4 Å². The monoisotopic (exact) mass is 427 g/mol. The number of benzene rings is 1. The Hall–Kier alpha value is -1.63. The van der Waals surface area contributed by atoms with Gasteiger partial charge in [0.15, 0.2) is 5.96 Å². The summed E-state index contributed by atoms with van der Waals surface area (Å²) in [4.78, 5) is 9.93. The van der Waals surface area contributed by atoms with Gasteiger partial charge in [-0.2, -0.15) is 0 Å². The van der Waals surface area contributed by atoms with Crippen LogP contribution in [0.1, 0.15) is 63.0 Å². The molecule has 1 aromatic carbocycles. The van der Waals surface area contributed by atoms with E-state index in [2.05, 4.69) is 58.7 Å². The van der Waals surface area contributed by atoms with E-state index in [4.69, 9.17) is 4.99 Å². The first kappa shape index (κ1) is 22.6. The molecule has 3 aliphatic heterocycles. The summed E-state index contributed by atoms with van der Waals surface area (Å²) < 4.78 is 0. The minimum atomic E-state index is -0.106. The maximum atomic E-state index is 9.68. The molecular formula is C25H41N5O. The van der Waals surface area contributed by atoms with Gasteiger partial charge in [0.2, 0.25) is 0 Å². The van der Waals surface area contributed by atoms with Crippen LogP contribution in [0.3, 0.4) is 0 Å². The molecule has 3 fully saturated rings. The number of aliphatic imine (C=N–C) groups is 1. The lowest BCUT2D eigenvalue weighted by atomic mass is 9.82. The second-order valence-electron chi connectivity index (χ2n) is 9.74. The second kappa shape index (κ2) is 10.8. The summed E-state index contributed by atoms with van der Waals surface area (Å²) in [6, 6.07) is 10.9. The van der Waals surface area contributed by atoms with Crippen molar-refractivity contribution >= 4 is 5.96 Å². The van der Waals surface area contributed by atoms with Gasteiger partial charge in [0, 0.05) is 44.3 Å². The zero-order valence-corrected chi connectivity index (χ0v) is 19.4. The Morgan fingerprint density at radius 3 is 2.32 bits per heavy atom. The van der Waals surface area contributed by atoms with Crippen molar-refractivity contribution in [2.45, 2.75) is 89.2 Å². The molecule has 0 aromatic heterocycles. The number of aliphatic hydroxyl groups is 1. The molecule has 2 atom stereocenters. The maximum absolute atomic E-state index is 9.68. The van der Waals surface area contributed by atoms with Gasteiger partial charge in [0.25, 0.3) is 0 Å².